The van der Waals surface area contributed by atoms with E-state index >= 15 is 0 Å². The van der Waals surface area contributed by atoms with Crippen LogP contribution in [0.15, 0.2) is 36.7 Å². The standard InChI is InChI=1S/C15H18N2S2/c1-2-12-8-16-5-4-15(12)13(3-1)9-17-10-14-11-18-6-7-19-14/h1-5,8,14,17H,6-7,9-11H2. The summed E-state index contributed by atoms with van der Waals surface area (Å²) >= 11 is 4.19. The zero-order valence-corrected chi connectivity index (χ0v) is 12.5. The van der Waals surface area contributed by atoms with E-state index in [0.717, 1.165) is 18.3 Å². The molecule has 0 spiro atoms. The predicted octanol–water partition coefficient (Wildman–Crippen LogP) is 3.17. The van der Waals surface area contributed by atoms with Gasteiger partial charge in [0.15, 0.2) is 0 Å². The second-order valence-electron chi connectivity index (χ2n) is 4.71. The van der Waals surface area contributed by atoms with E-state index < -0.39 is 0 Å². The molecule has 1 atom stereocenters. The predicted molar refractivity (Wildman–Crippen MR) is 87.0 cm³/mol. The number of fused-ring (bicyclic) bond motifs is 1. The molecule has 1 aliphatic rings. The third kappa shape index (κ3) is 3.44. The van der Waals surface area contributed by atoms with Crippen molar-refractivity contribution in [1.82, 2.24) is 10.3 Å². The molecule has 4 heteroatoms. The van der Waals surface area contributed by atoms with Gasteiger partial charge >= 0.3 is 0 Å². The minimum Gasteiger partial charge on any atom is -0.312 e. The molecule has 2 heterocycles. The lowest BCUT2D eigenvalue weighted by Crippen LogP contribution is -2.28. The second kappa shape index (κ2) is 6.64. The molecule has 1 aromatic heterocycles. The Labute approximate surface area is 122 Å². The molecule has 0 aliphatic carbocycles. The molecule has 0 radical (unpaired) electrons. The van der Waals surface area contributed by atoms with Crippen molar-refractivity contribution in [2.75, 3.05) is 23.8 Å². The molecule has 1 N–H and O–H groups in total. The van der Waals surface area contributed by atoms with Crippen LogP contribution >= 0.6 is 23.5 Å². The summed E-state index contributed by atoms with van der Waals surface area (Å²) in [4.78, 5) is 4.18. The molecule has 0 amide bonds. The first-order valence-electron chi connectivity index (χ1n) is 6.65. The number of hydrogen-bond acceptors (Lipinski definition) is 4. The molecule has 1 saturated heterocycles. The third-order valence-corrected chi connectivity index (χ3v) is 6.19. The highest BCUT2D eigenvalue weighted by Crippen LogP contribution is 2.23. The number of aromatic nitrogens is 1. The highest BCUT2D eigenvalue weighted by molar-refractivity contribution is 8.06. The van der Waals surface area contributed by atoms with Crippen molar-refractivity contribution < 1.29 is 0 Å². The van der Waals surface area contributed by atoms with Crippen LogP contribution in [0.1, 0.15) is 5.56 Å². The molecule has 1 unspecified atom stereocenters. The average molecular weight is 290 g/mol. The van der Waals surface area contributed by atoms with Crippen LogP contribution in [0.4, 0.5) is 0 Å². The Morgan fingerprint density at radius 3 is 3.16 bits per heavy atom. The fourth-order valence-electron chi connectivity index (χ4n) is 2.37. The van der Waals surface area contributed by atoms with Gasteiger partial charge in [-0.3, -0.25) is 4.98 Å². The topological polar surface area (TPSA) is 24.9 Å². The zero-order chi connectivity index (χ0) is 12.9. The molecule has 1 aliphatic heterocycles. The van der Waals surface area contributed by atoms with Gasteiger partial charge in [0.05, 0.1) is 0 Å². The third-order valence-electron chi connectivity index (χ3n) is 3.34. The summed E-state index contributed by atoms with van der Waals surface area (Å²) in [7, 11) is 0. The summed E-state index contributed by atoms with van der Waals surface area (Å²) in [6.07, 6.45) is 3.81. The van der Waals surface area contributed by atoms with E-state index in [9.17, 15) is 0 Å². The summed E-state index contributed by atoms with van der Waals surface area (Å²) in [5.41, 5.74) is 1.37. The summed E-state index contributed by atoms with van der Waals surface area (Å²) in [5.74, 6) is 3.91. The van der Waals surface area contributed by atoms with Crippen molar-refractivity contribution >= 4 is 34.3 Å². The van der Waals surface area contributed by atoms with Gasteiger partial charge in [-0.05, 0) is 17.0 Å². The number of thioether (sulfide) groups is 2. The van der Waals surface area contributed by atoms with E-state index in [4.69, 9.17) is 0 Å². The average Bonchev–Trinajstić information content (AvgIpc) is 2.49. The van der Waals surface area contributed by atoms with Crippen LogP contribution in [-0.2, 0) is 6.54 Å². The largest absolute Gasteiger partial charge is 0.312 e. The Kier molecular flexibility index (Phi) is 4.64. The number of hydrogen-bond donors (Lipinski definition) is 1. The minimum absolute atomic E-state index is 0.774. The first-order chi connectivity index (χ1) is 9.43. The first kappa shape index (κ1) is 13.3. The Balaban J connectivity index is 1.62. The monoisotopic (exact) mass is 290 g/mol. The van der Waals surface area contributed by atoms with E-state index in [1.54, 1.807) is 0 Å². The van der Waals surface area contributed by atoms with Crippen LogP contribution < -0.4 is 5.32 Å². The molecule has 100 valence electrons. The fraction of sp³-hybridized carbons (Fsp3) is 0.400. The number of rotatable bonds is 4. The molecule has 3 rings (SSSR count). The molecule has 19 heavy (non-hydrogen) atoms. The zero-order valence-electron chi connectivity index (χ0n) is 10.8. The van der Waals surface area contributed by atoms with Gasteiger partial charge in [0, 0.05) is 53.4 Å². The van der Waals surface area contributed by atoms with E-state index in [2.05, 4.69) is 58.1 Å². The van der Waals surface area contributed by atoms with Gasteiger partial charge in [-0.25, -0.2) is 0 Å². The summed E-state index contributed by atoms with van der Waals surface area (Å²) in [5, 5.41) is 6.92. The summed E-state index contributed by atoms with van der Waals surface area (Å²) in [6.45, 7) is 2.06. The van der Waals surface area contributed by atoms with Crippen LogP contribution in [0.3, 0.4) is 0 Å². The summed E-state index contributed by atoms with van der Waals surface area (Å²) in [6, 6.07) is 8.56. The fourth-order valence-corrected chi connectivity index (χ4v) is 5.01. The SMILES string of the molecule is c1cc(CNCC2CSCCS2)c2ccncc2c1. The van der Waals surface area contributed by atoms with Crippen molar-refractivity contribution in [2.45, 2.75) is 11.8 Å². The molecule has 2 aromatic rings. The number of benzene rings is 1. The maximum atomic E-state index is 4.18. The lowest BCUT2D eigenvalue weighted by atomic mass is 10.1. The van der Waals surface area contributed by atoms with Crippen LogP contribution in [-0.4, -0.2) is 34.0 Å². The lowest BCUT2D eigenvalue weighted by Gasteiger charge is -2.21. The van der Waals surface area contributed by atoms with Crippen LogP contribution in [0.25, 0.3) is 10.8 Å². The maximum absolute atomic E-state index is 4.18. The smallest absolute Gasteiger partial charge is 0.0346 e. The van der Waals surface area contributed by atoms with Gasteiger partial charge in [0.2, 0.25) is 0 Å². The Morgan fingerprint density at radius 1 is 1.26 bits per heavy atom. The van der Waals surface area contributed by atoms with Gasteiger partial charge in [-0.2, -0.15) is 23.5 Å². The Morgan fingerprint density at radius 2 is 2.26 bits per heavy atom. The molecule has 1 fully saturated rings. The van der Waals surface area contributed by atoms with Crippen molar-refractivity contribution in [2.24, 2.45) is 0 Å². The molecular weight excluding hydrogens is 272 g/mol. The normalized spacial score (nSPS) is 19.7. The van der Waals surface area contributed by atoms with E-state index in [1.807, 2.05) is 12.4 Å². The highest BCUT2D eigenvalue weighted by Gasteiger charge is 2.13. The Hall–Kier alpha value is -0.710. The summed E-state index contributed by atoms with van der Waals surface area (Å²) < 4.78 is 0. The van der Waals surface area contributed by atoms with E-state index in [0.29, 0.717) is 0 Å². The van der Waals surface area contributed by atoms with Crippen LogP contribution in [0.5, 0.6) is 0 Å². The molecule has 0 saturated carbocycles. The quantitative estimate of drug-likeness (QED) is 0.935. The van der Waals surface area contributed by atoms with Crippen LogP contribution in [0, 0.1) is 0 Å². The van der Waals surface area contributed by atoms with E-state index in [-0.39, 0.29) is 0 Å². The van der Waals surface area contributed by atoms with Crippen molar-refractivity contribution in [1.29, 1.82) is 0 Å². The van der Waals surface area contributed by atoms with Crippen molar-refractivity contribution in [3.63, 3.8) is 0 Å². The maximum Gasteiger partial charge on any atom is 0.0346 e. The first-order valence-corrected chi connectivity index (χ1v) is 8.85. The van der Waals surface area contributed by atoms with Gasteiger partial charge in [0.25, 0.3) is 0 Å². The molecule has 2 nitrogen and oxygen atoms in total. The second-order valence-corrected chi connectivity index (χ2v) is 7.27. The molecular formula is C15H18N2S2. The van der Waals surface area contributed by atoms with Gasteiger partial charge < -0.3 is 5.32 Å². The van der Waals surface area contributed by atoms with Gasteiger partial charge in [-0.15, -0.1) is 0 Å². The van der Waals surface area contributed by atoms with E-state index in [1.165, 1.54) is 33.6 Å². The van der Waals surface area contributed by atoms with Crippen molar-refractivity contribution in [3.8, 4) is 0 Å². The molecule has 1 aromatic carbocycles. The van der Waals surface area contributed by atoms with Crippen LogP contribution in [0.2, 0.25) is 0 Å². The Bertz CT molecular complexity index is 533. The number of pyridine rings is 1. The van der Waals surface area contributed by atoms with Gasteiger partial charge in [-0.1, -0.05) is 18.2 Å². The molecule has 0 bridgehead atoms. The van der Waals surface area contributed by atoms with Gasteiger partial charge in [0.1, 0.15) is 0 Å². The lowest BCUT2D eigenvalue weighted by molar-refractivity contribution is 0.689. The number of nitrogens with zero attached hydrogens (tertiary/aromatic N) is 1. The van der Waals surface area contributed by atoms with Crippen molar-refractivity contribution in [3.05, 3.63) is 42.2 Å². The highest BCUT2D eigenvalue weighted by atomic mass is 32.2. The number of nitrogens with one attached hydrogen (secondary N) is 1. The minimum atomic E-state index is 0.774.